The molecule has 1 aliphatic carbocycles. The van der Waals surface area contributed by atoms with E-state index in [1.165, 1.54) is 0 Å². The Kier molecular flexibility index (Phi) is 6.13. The minimum absolute atomic E-state index is 0.119. The van der Waals surface area contributed by atoms with Crippen molar-refractivity contribution in [3.63, 3.8) is 0 Å². The van der Waals surface area contributed by atoms with Crippen LogP contribution in [0.3, 0.4) is 0 Å². The van der Waals surface area contributed by atoms with Crippen molar-refractivity contribution in [1.82, 2.24) is 18.9 Å². The molecule has 9 heteroatoms. The summed E-state index contributed by atoms with van der Waals surface area (Å²) in [6, 6.07) is 3.63. The van der Waals surface area contributed by atoms with Crippen LogP contribution in [0, 0.1) is 0 Å². The molecule has 2 aliphatic rings. The maximum absolute atomic E-state index is 13.3. The first-order valence-electron chi connectivity index (χ1n) is 12.5. The van der Waals surface area contributed by atoms with Gasteiger partial charge in [-0.3, -0.25) is 14.0 Å². The fourth-order valence-electron chi connectivity index (χ4n) is 4.31. The number of hydrogen-bond donors (Lipinski definition) is 1. The number of anilines is 1. The first-order valence-corrected chi connectivity index (χ1v) is 12.5. The van der Waals surface area contributed by atoms with E-state index in [9.17, 15) is 9.59 Å². The highest BCUT2D eigenvalue weighted by Gasteiger charge is 2.30. The SMILES string of the molecule is CCC(C)Oc1nc2nc(C3CCC(C)(C)OC3)cn2cc1C(=O)Nc1cccn(C2CC2)c1=O. The summed E-state index contributed by atoms with van der Waals surface area (Å²) in [5.74, 6) is 0.406. The molecule has 0 radical (unpaired) electrons. The van der Waals surface area contributed by atoms with Crippen molar-refractivity contribution in [3.8, 4) is 5.88 Å². The predicted molar refractivity (Wildman–Crippen MR) is 132 cm³/mol. The molecule has 0 bridgehead atoms. The van der Waals surface area contributed by atoms with Crippen molar-refractivity contribution in [1.29, 1.82) is 0 Å². The van der Waals surface area contributed by atoms with E-state index in [1.54, 1.807) is 33.5 Å². The standard InChI is InChI=1S/C26H33N5O4/c1-5-16(2)35-23-19(22(32)27-20-7-6-12-31(24(20)33)18-8-9-18)13-30-14-21(28-25(30)29-23)17-10-11-26(3,4)34-15-17/h6-7,12-14,16-18H,5,8-11,15H2,1-4H3,(H,27,32). The Balaban J connectivity index is 1.47. The lowest BCUT2D eigenvalue weighted by Gasteiger charge is -2.34. The average molecular weight is 480 g/mol. The van der Waals surface area contributed by atoms with Crippen LogP contribution in [0.5, 0.6) is 5.88 Å². The second kappa shape index (κ2) is 9.11. The first-order chi connectivity index (χ1) is 16.7. The molecule has 0 spiro atoms. The summed E-state index contributed by atoms with van der Waals surface area (Å²) < 4.78 is 15.4. The Labute approximate surface area is 204 Å². The Hall–Kier alpha value is -3.20. The zero-order valence-electron chi connectivity index (χ0n) is 20.8. The number of nitrogens with zero attached hydrogens (tertiary/aromatic N) is 4. The molecule has 0 aromatic carbocycles. The van der Waals surface area contributed by atoms with Gasteiger partial charge in [-0.2, -0.15) is 4.98 Å². The Morgan fingerprint density at radius 2 is 2.09 bits per heavy atom. The van der Waals surface area contributed by atoms with E-state index >= 15 is 0 Å². The van der Waals surface area contributed by atoms with E-state index in [0.29, 0.717) is 12.4 Å². The van der Waals surface area contributed by atoms with Crippen LogP contribution in [-0.4, -0.2) is 43.2 Å². The highest BCUT2D eigenvalue weighted by molar-refractivity contribution is 6.05. The molecule has 2 unspecified atom stereocenters. The summed E-state index contributed by atoms with van der Waals surface area (Å²) in [7, 11) is 0. The number of fused-ring (bicyclic) bond motifs is 1. The molecule has 2 fully saturated rings. The Morgan fingerprint density at radius 3 is 2.77 bits per heavy atom. The number of carbonyl (C=O) groups excluding carboxylic acids is 1. The quantitative estimate of drug-likeness (QED) is 0.542. The zero-order valence-corrected chi connectivity index (χ0v) is 20.8. The summed E-state index contributed by atoms with van der Waals surface area (Å²) in [4.78, 5) is 35.5. The zero-order chi connectivity index (χ0) is 24.7. The number of ether oxygens (including phenoxy) is 2. The number of imidazole rings is 1. The molecule has 1 saturated heterocycles. The van der Waals surface area contributed by atoms with Crippen molar-refractivity contribution >= 4 is 17.4 Å². The van der Waals surface area contributed by atoms with Gasteiger partial charge in [0.25, 0.3) is 11.5 Å². The molecule has 3 aromatic rings. The number of hydrogen-bond acceptors (Lipinski definition) is 6. The van der Waals surface area contributed by atoms with Crippen LogP contribution in [0.25, 0.3) is 5.78 Å². The summed E-state index contributed by atoms with van der Waals surface area (Å²) in [5.41, 5.74) is 1.06. The summed E-state index contributed by atoms with van der Waals surface area (Å²) in [6.45, 7) is 8.73. The van der Waals surface area contributed by atoms with Crippen molar-refractivity contribution in [2.75, 3.05) is 11.9 Å². The van der Waals surface area contributed by atoms with Crippen molar-refractivity contribution in [3.05, 3.63) is 52.3 Å². The molecule has 3 aromatic heterocycles. The van der Waals surface area contributed by atoms with Crippen molar-refractivity contribution in [2.45, 2.75) is 83.5 Å². The molecule has 1 amide bonds. The minimum atomic E-state index is -0.443. The number of amides is 1. The van der Waals surface area contributed by atoms with Gasteiger partial charge >= 0.3 is 0 Å². The summed E-state index contributed by atoms with van der Waals surface area (Å²) in [5, 5.41) is 2.78. The van der Waals surface area contributed by atoms with Gasteiger partial charge in [-0.05, 0) is 65.0 Å². The van der Waals surface area contributed by atoms with Gasteiger partial charge in [0.1, 0.15) is 11.3 Å². The fraction of sp³-hybridized carbons (Fsp3) is 0.538. The lowest BCUT2D eigenvalue weighted by Crippen LogP contribution is -2.32. The number of aromatic nitrogens is 4. The summed E-state index contributed by atoms with van der Waals surface area (Å²) in [6.07, 6.45) is 9.87. The van der Waals surface area contributed by atoms with Crippen LogP contribution in [-0.2, 0) is 4.74 Å². The minimum Gasteiger partial charge on any atom is -0.474 e. The maximum atomic E-state index is 13.3. The smallest absolute Gasteiger partial charge is 0.274 e. The van der Waals surface area contributed by atoms with Crippen LogP contribution < -0.4 is 15.6 Å². The van der Waals surface area contributed by atoms with Gasteiger partial charge in [-0.1, -0.05) is 6.92 Å². The van der Waals surface area contributed by atoms with E-state index in [-0.39, 0.29) is 46.4 Å². The van der Waals surface area contributed by atoms with Gasteiger partial charge in [-0.15, -0.1) is 0 Å². The van der Waals surface area contributed by atoms with E-state index in [1.807, 2.05) is 20.0 Å². The van der Waals surface area contributed by atoms with Gasteiger partial charge in [0.05, 0.1) is 24.0 Å². The van der Waals surface area contributed by atoms with E-state index in [2.05, 4.69) is 24.1 Å². The number of nitrogens with one attached hydrogen (secondary N) is 1. The topological polar surface area (TPSA) is 99.8 Å². The molecule has 35 heavy (non-hydrogen) atoms. The first kappa shape index (κ1) is 23.5. The third kappa shape index (κ3) is 4.96. The molecular formula is C26H33N5O4. The van der Waals surface area contributed by atoms with Gasteiger partial charge in [0, 0.05) is 30.6 Å². The highest BCUT2D eigenvalue weighted by Crippen LogP contribution is 2.34. The normalized spacial score (nSPS) is 20.5. The van der Waals surface area contributed by atoms with Crippen LogP contribution >= 0.6 is 0 Å². The lowest BCUT2D eigenvalue weighted by atomic mass is 9.90. The van der Waals surface area contributed by atoms with Crippen LogP contribution in [0.4, 0.5) is 5.69 Å². The van der Waals surface area contributed by atoms with Crippen molar-refractivity contribution in [2.24, 2.45) is 0 Å². The van der Waals surface area contributed by atoms with Gasteiger partial charge in [0.15, 0.2) is 0 Å². The molecule has 1 N–H and O–H groups in total. The second-order valence-corrected chi connectivity index (χ2v) is 10.3. The molecule has 186 valence electrons. The molecule has 2 atom stereocenters. The number of pyridine rings is 1. The largest absolute Gasteiger partial charge is 0.474 e. The average Bonchev–Trinajstić information content (AvgIpc) is 3.58. The van der Waals surface area contributed by atoms with Crippen LogP contribution in [0.15, 0.2) is 35.5 Å². The fourth-order valence-corrected chi connectivity index (χ4v) is 4.31. The molecule has 4 heterocycles. The summed E-state index contributed by atoms with van der Waals surface area (Å²) >= 11 is 0. The monoisotopic (exact) mass is 479 g/mol. The molecule has 5 rings (SSSR count). The van der Waals surface area contributed by atoms with E-state index < -0.39 is 5.91 Å². The van der Waals surface area contributed by atoms with Crippen LogP contribution in [0.2, 0.25) is 0 Å². The van der Waals surface area contributed by atoms with Gasteiger partial charge in [-0.25, -0.2) is 4.98 Å². The van der Waals surface area contributed by atoms with E-state index in [4.69, 9.17) is 14.5 Å². The third-order valence-electron chi connectivity index (χ3n) is 6.92. The second-order valence-electron chi connectivity index (χ2n) is 10.3. The highest BCUT2D eigenvalue weighted by atomic mass is 16.5. The maximum Gasteiger partial charge on any atom is 0.274 e. The Morgan fingerprint density at radius 1 is 1.29 bits per heavy atom. The molecular weight excluding hydrogens is 446 g/mol. The lowest BCUT2D eigenvalue weighted by molar-refractivity contribution is -0.0615. The Bertz CT molecular complexity index is 1300. The molecule has 1 aliphatic heterocycles. The van der Waals surface area contributed by atoms with Crippen LogP contribution in [0.1, 0.15) is 87.8 Å². The third-order valence-corrected chi connectivity index (χ3v) is 6.92. The van der Waals surface area contributed by atoms with Crippen molar-refractivity contribution < 1.29 is 14.3 Å². The molecule has 1 saturated carbocycles. The predicted octanol–water partition coefficient (Wildman–Crippen LogP) is 4.33. The molecule has 9 nitrogen and oxygen atoms in total. The number of rotatable bonds is 7. The van der Waals surface area contributed by atoms with Gasteiger partial charge in [0.2, 0.25) is 11.7 Å². The van der Waals surface area contributed by atoms with Gasteiger partial charge < -0.3 is 19.4 Å². The van der Waals surface area contributed by atoms with E-state index in [0.717, 1.165) is 37.8 Å². The number of carbonyl (C=O) groups is 1.